The van der Waals surface area contributed by atoms with Crippen LogP contribution in [0.4, 0.5) is 0 Å². The largest absolute Gasteiger partial charge is 0.363 e. The summed E-state index contributed by atoms with van der Waals surface area (Å²) in [4.78, 5) is 3.04. The third-order valence-corrected chi connectivity index (χ3v) is 3.23. The van der Waals surface area contributed by atoms with Gasteiger partial charge in [-0.1, -0.05) is 6.92 Å². The van der Waals surface area contributed by atoms with Crippen molar-refractivity contribution in [2.24, 2.45) is 5.73 Å². The molecular formula is C8H15N3O2S. The number of nitrogens with two attached hydrogens (primary N) is 1. The quantitative estimate of drug-likeness (QED) is 0.656. The Hall–Kier alpha value is -0.850. The van der Waals surface area contributed by atoms with Crippen molar-refractivity contribution in [2.45, 2.75) is 24.8 Å². The van der Waals surface area contributed by atoms with Gasteiger partial charge in [0.25, 0.3) is 0 Å². The van der Waals surface area contributed by atoms with E-state index in [9.17, 15) is 8.42 Å². The van der Waals surface area contributed by atoms with Gasteiger partial charge >= 0.3 is 0 Å². The minimum Gasteiger partial charge on any atom is -0.363 e. The molecule has 80 valence electrons. The molecule has 0 atom stereocenters. The zero-order valence-electron chi connectivity index (χ0n) is 8.08. The van der Waals surface area contributed by atoms with E-state index in [4.69, 9.17) is 5.73 Å². The van der Waals surface area contributed by atoms with Crippen LogP contribution < -0.4 is 10.5 Å². The molecule has 0 radical (unpaired) electrons. The second-order valence-electron chi connectivity index (χ2n) is 2.96. The van der Waals surface area contributed by atoms with Gasteiger partial charge in [0.1, 0.15) is 0 Å². The summed E-state index contributed by atoms with van der Waals surface area (Å²) < 4.78 is 25.6. The molecule has 14 heavy (non-hydrogen) atoms. The Morgan fingerprint density at radius 3 is 2.79 bits per heavy atom. The van der Waals surface area contributed by atoms with Crippen LogP contribution in [0.1, 0.15) is 19.0 Å². The van der Waals surface area contributed by atoms with Crippen molar-refractivity contribution in [1.82, 2.24) is 9.71 Å². The van der Waals surface area contributed by atoms with Crippen LogP contribution in [-0.2, 0) is 16.6 Å². The Morgan fingerprint density at radius 2 is 2.29 bits per heavy atom. The highest BCUT2D eigenvalue weighted by Crippen LogP contribution is 2.09. The molecule has 0 aliphatic carbocycles. The first-order valence-corrected chi connectivity index (χ1v) is 5.95. The fourth-order valence-electron chi connectivity index (χ4n) is 1.01. The van der Waals surface area contributed by atoms with E-state index < -0.39 is 10.0 Å². The summed E-state index contributed by atoms with van der Waals surface area (Å²) in [5.74, 6) is 0. The fraction of sp³-hybridized carbons (Fsp3) is 0.500. The molecule has 0 saturated heterocycles. The minimum absolute atomic E-state index is 0.242. The van der Waals surface area contributed by atoms with Crippen molar-refractivity contribution in [2.75, 3.05) is 6.54 Å². The van der Waals surface area contributed by atoms with Crippen LogP contribution in [0, 0.1) is 0 Å². The minimum atomic E-state index is -3.35. The third kappa shape index (κ3) is 2.57. The molecule has 6 heteroatoms. The zero-order chi connectivity index (χ0) is 10.6. The molecule has 0 unspecified atom stereocenters. The first-order chi connectivity index (χ1) is 6.60. The number of sulfonamides is 1. The Balaban J connectivity index is 2.81. The summed E-state index contributed by atoms with van der Waals surface area (Å²) in [7, 11) is -3.35. The summed E-state index contributed by atoms with van der Waals surface area (Å²) >= 11 is 0. The molecular weight excluding hydrogens is 202 g/mol. The second-order valence-corrected chi connectivity index (χ2v) is 4.73. The van der Waals surface area contributed by atoms with Crippen LogP contribution in [0.2, 0.25) is 0 Å². The molecule has 1 heterocycles. The van der Waals surface area contributed by atoms with E-state index in [1.54, 1.807) is 0 Å². The van der Waals surface area contributed by atoms with Gasteiger partial charge in [-0.05, 0) is 12.5 Å². The topological polar surface area (TPSA) is 88.0 Å². The molecule has 0 amide bonds. The van der Waals surface area contributed by atoms with Crippen molar-refractivity contribution in [3.05, 3.63) is 18.0 Å². The molecule has 1 aromatic heterocycles. The van der Waals surface area contributed by atoms with Gasteiger partial charge in [-0.15, -0.1) is 0 Å². The number of hydrogen-bond acceptors (Lipinski definition) is 3. The summed E-state index contributed by atoms with van der Waals surface area (Å²) in [5.41, 5.74) is 6.07. The van der Waals surface area contributed by atoms with Crippen LogP contribution in [0.25, 0.3) is 0 Å². The molecule has 0 aliphatic heterocycles. The average Bonchev–Trinajstić information content (AvgIpc) is 2.63. The monoisotopic (exact) mass is 217 g/mol. The predicted octanol–water partition coefficient (Wildman–Crippen LogP) is 0.162. The fourth-order valence-corrected chi connectivity index (χ4v) is 2.16. The van der Waals surface area contributed by atoms with E-state index in [2.05, 4.69) is 9.71 Å². The average molecular weight is 217 g/mol. The number of nitrogens with one attached hydrogen (secondary N) is 2. The number of rotatable bonds is 5. The SMILES string of the molecule is CCCNS(=O)(=O)c1c[nH]c(CN)c1. The van der Waals surface area contributed by atoms with Crippen LogP contribution in [0.15, 0.2) is 17.2 Å². The number of hydrogen-bond donors (Lipinski definition) is 3. The second kappa shape index (κ2) is 4.59. The van der Waals surface area contributed by atoms with Crippen molar-refractivity contribution in [3.63, 3.8) is 0 Å². The maximum absolute atomic E-state index is 11.5. The summed E-state index contributed by atoms with van der Waals surface area (Å²) in [6.07, 6.45) is 2.22. The third-order valence-electron chi connectivity index (χ3n) is 1.79. The van der Waals surface area contributed by atoms with E-state index in [1.165, 1.54) is 12.3 Å². The van der Waals surface area contributed by atoms with E-state index in [0.29, 0.717) is 18.8 Å². The summed E-state index contributed by atoms with van der Waals surface area (Å²) in [6.45, 7) is 2.67. The maximum Gasteiger partial charge on any atom is 0.242 e. The van der Waals surface area contributed by atoms with E-state index in [1.807, 2.05) is 6.92 Å². The molecule has 1 aromatic rings. The molecule has 4 N–H and O–H groups in total. The first kappa shape index (κ1) is 11.2. The van der Waals surface area contributed by atoms with Gasteiger partial charge < -0.3 is 10.7 Å². The number of aromatic amines is 1. The standard InChI is InChI=1S/C8H15N3O2S/c1-2-3-11-14(12,13)8-4-7(5-9)10-6-8/h4,6,10-11H,2-3,5,9H2,1H3. The normalized spacial score (nSPS) is 11.9. The first-order valence-electron chi connectivity index (χ1n) is 4.47. The van der Waals surface area contributed by atoms with Crippen LogP contribution in [0.5, 0.6) is 0 Å². The van der Waals surface area contributed by atoms with E-state index >= 15 is 0 Å². The van der Waals surface area contributed by atoms with E-state index in [0.717, 1.165) is 6.42 Å². The molecule has 1 rings (SSSR count). The van der Waals surface area contributed by atoms with Crippen molar-refractivity contribution in [3.8, 4) is 0 Å². The van der Waals surface area contributed by atoms with Gasteiger partial charge in [0.05, 0.1) is 4.90 Å². The molecule has 0 aliphatic rings. The number of H-pyrrole nitrogens is 1. The summed E-state index contributed by atoms with van der Waals surface area (Å²) in [5, 5.41) is 0. The highest BCUT2D eigenvalue weighted by atomic mass is 32.2. The van der Waals surface area contributed by atoms with Gasteiger partial charge in [0.2, 0.25) is 10.0 Å². The molecule has 0 saturated carbocycles. The van der Waals surface area contributed by atoms with Gasteiger partial charge in [-0.2, -0.15) is 0 Å². The summed E-state index contributed by atoms with van der Waals surface area (Å²) in [6, 6.07) is 1.54. The van der Waals surface area contributed by atoms with Crippen LogP contribution >= 0.6 is 0 Å². The molecule has 0 aromatic carbocycles. The Morgan fingerprint density at radius 1 is 1.57 bits per heavy atom. The smallest absolute Gasteiger partial charge is 0.242 e. The lowest BCUT2D eigenvalue weighted by molar-refractivity contribution is 0.581. The Labute approximate surface area is 83.8 Å². The lowest BCUT2D eigenvalue weighted by atomic mass is 10.4. The van der Waals surface area contributed by atoms with Crippen molar-refractivity contribution in [1.29, 1.82) is 0 Å². The molecule has 0 spiro atoms. The predicted molar refractivity (Wildman–Crippen MR) is 54.2 cm³/mol. The lowest BCUT2D eigenvalue weighted by Crippen LogP contribution is -2.23. The maximum atomic E-state index is 11.5. The highest BCUT2D eigenvalue weighted by molar-refractivity contribution is 7.89. The van der Waals surface area contributed by atoms with Crippen molar-refractivity contribution >= 4 is 10.0 Å². The van der Waals surface area contributed by atoms with Crippen LogP contribution in [-0.4, -0.2) is 19.9 Å². The van der Waals surface area contributed by atoms with Crippen molar-refractivity contribution < 1.29 is 8.42 Å². The zero-order valence-corrected chi connectivity index (χ0v) is 8.89. The van der Waals surface area contributed by atoms with Gasteiger partial charge in [0.15, 0.2) is 0 Å². The highest BCUT2D eigenvalue weighted by Gasteiger charge is 2.14. The number of aromatic nitrogens is 1. The van der Waals surface area contributed by atoms with Gasteiger partial charge in [0, 0.05) is 25.0 Å². The van der Waals surface area contributed by atoms with Gasteiger partial charge in [-0.25, -0.2) is 13.1 Å². The molecule has 0 fully saturated rings. The van der Waals surface area contributed by atoms with Gasteiger partial charge in [-0.3, -0.25) is 0 Å². The Kier molecular flexibility index (Phi) is 3.68. The molecule has 5 nitrogen and oxygen atoms in total. The molecule has 0 bridgehead atoms. The van der Waals surface area contributed by atoms with E-state index in [-0.39, 0.29) is 4.90 Å². The lowest BCUT2D eigenvalue weighted by Gasteiger charge is -2.01. The Bertz CT molecular complexity index is 383. The van der Waals surface area contributed by atoms with Crippen LogP contribution in [0.3, 0.4) is 0 Å².